The summed E-state index contributed by atoms with van der Waals surface area (Å²) in [6.45, 7) is 3.91. The van der Waals surface area contributed by atoms with Crippen LogP contribution < -0.4 is 16.0 Å². The average Bonchev–Trinajstić information content (AvgIpc) is 2.75. The van der Waals surface area contributed by atoms with Crippen LogP contribution in [0.5, 0.6) is 5.75 Å². The number of sulfone groups is 1. The second kappa shape index (κ2) is 6.72. The summed E-state index contributed by atoms with van der Waals surface area (Å²) in [6.07, 6.45) is 4.86. The van der Waals surface area contributed by atoms with Gasteiger partial charge in [0.2, 0.25) is 0 Å². The molecule has 1 aromatic rings. The molecule has 0 radical (unpaired) electrons. The normalized spacial score (nSPS) is 22.4. The Morgan fingerprint density at radius 3 is 2.81 bits per heavy atom. The molecule has 1 aliphatic heterocycles. The van der Waals surface area contributed by atoms with E-state index in [1.807, 2.05) is 19.9 Å². The fourth-order valence-corrected chi connectivity index (χ4v) is 4.53. The van der Waals surface area contributed by atoms with Gasteiger partial charge < -0.3 is 4.74 Å². The number of nitrogens with two attached hydrogens (primary N) is 1. The molecule has 1 aromatic heterocycles. The van der Waals surface area contributed by atoms with Gasteiger partial charge in [-0.1, -0.05) is 0 Å². The Labute approximate surface area is 126 Å². The van der Waals surface area contributed by atoms with Gasteiger partial charge in [0.05, 0.1) is 23.8 Å². The fourth-order valence-electron chi connectivity index (χ4n) is 2.65. The molecule has 0 spiro atoms. The van der Waals surface area contributed by atoms with Crippen LogP contribution in [0, 0.1) is 5.92 Å². The van der Waals surface area contributed by atoms with Crippen LogP contribution >= 0.6 is 0 Å². The minimum atomic E-state index is -2.86. The van der Waals surface area contributed by atoms with E-state index in [0.717, 1.165) is 5.56 Å². The van der Waals surface area contributed by atoms with E-state index in [1.165, 1.54) is 0 Å². The zero-order valence-electron chi connectivity index (χ0n) is 12.5. The fraction of sp³-hybridized carbons (Fsp3) is 0.643. The summed E-state index contributed by atoms with van der Waals surface area (Å²) in [4.78, 5) is 4.17. The summed E-state index contributed by atoms with van der Waals surface area (Å²) < 4.78 is 28.7. The first-order valence-electron chi connectivity index (χ1n) is 7.18. The Hall–Kier alpha value is -1.18. The lowest BCUT2D eigenvalue weighted by molar-refractivity contribution is 0.241. The Balaban J connectivity index is 2.07. The number of aromatic nitrogens is 1. The standard InChI is InChI=1S/C14H23N3O3S/c1-10(2)20-13-6-12(7-16-8-13)14(17-15)5-11-3-4-21(18,19)9-11/h6-8,10-11,14,17H,3-5,9,15H2,1-2H3. The van der Waals surface area contributed by atoms with Crippen molar-refractivity contribution >= 4 is 9.84 Å². The first-order valence-corrected chi connectivity index (χ1v) is 9.00. The molecule has 3 N–H and O–H groups in total. The summed E-state index contributed by atoms with van der Waals surface area (Å²) in [5.41, 5.74) is 3.68. The van der Waals surface area contributed by atoms with E-state index in [2.05, 4.69) is 10.4 Å². The molecule has 118 valence electrons. The van der Waals surface area contributed by atoms with Gasteiger partial charge in [0.25, 0.3) is 0 Å². The van der Waals surface area contributed by atoms with Crippen molar-refractivity contribution in [1.82, 2.24) is 10.4 Å². The molecule has 0 bridgehead atoms. The first kappa shape index (κ1) is 16.2. The number of rotatable bonds is 6. The molecule has 6 nitrogen and oxygen atoms in total. The van der Waals surface area contributed by atoms with Gasteiger partial charge in [-0.3, -0.25) is 16.3 Å². The number of pyridine rings is 1. The van der Waals surface area contributed by atoms with Crippen LogP contribution in [0.4, 0.5) is 0 Å². The predicted octanol–water partition coefficient (Wildman–Crippen LogP) is 1.20. The second-order valence-corrected chi connectivity index (χ2v) is 8.07. The summed E-state index contributed by atoms with van der Waals surface area (Å²) in [7, 11) is -2.86. The largest absolute Gasteiger partial charge is 0.489 e. The third-order valence-electron chi connectivity index (χ3n) is 3.61. The quantitative estimate of drug-likeness (QED) is 0.605. The molecular formula is C14H23N3O3S. The molecule has 2 atom stereocenters. The molecule has 2 unspecified atom stereocenters. The first-order chi connectivity index (χ1) is 9.89. The van der Waals surface area contributed by atoms with Crippen LogP contribution in [0.3, 0.4) is 0 Å². The van der Waals surface area contributed by atoms with Gasteiger partial charge in [-0.2, -0.15) is 0 Å². The van der Waals surface area contributed by atoms with Crippen molar-refractivity contribution in [3.63, 3.8) is 0 Å². The Morgan fingerprint density at radius 2 is 2.24 bits per heavy atom. The predicted molar refractivity (Wildman–Crippen MR) is 81.4 cm³/mol. The molecule has 1 fully saturated rings. The molecular weight excluding hydrogens is 290 g/mol. The molecule has 0 aliphatic carbocycles. The van der Waals surface area contributed by atoms with E-state index in [-0.39, 0.29) is 29.6 Å². The summed E-state index contributed by atoms with van der Waals surface area (Å²) in [6, 6.07) is 1.78. The lowest BCUT2D eigenvalue weighted by Crippen LogP contribution is -2.30. The van der Waals surface area contributed by atoms with Gasteiger partial charge in [0.15, 0.2) is 9.84 Å². The maximum absolute atomic E-state index is 11.5. The van der Waals surface area contributed by atoms with E-state index in [4.69, 9.17) is 10.6 Å². The van der Waals surface area contributed by atoms with E-state index in [0.29, 0.717) is 18.6 Å². The number of hydrogen-bond donors (Lipinski definition) is 2. The molecule has 0 aromatic carbocycles. The van der Waals surface area contributed by atoms with Crippen molar-refractivity contribution in [2.45, 2.75) is 38.8 Å². The highest BCUT2D eigenvalue weighted by Crippen LogP contribution is 2.29. The highest BCUT2D eigenvalue weighted by Gasteiger charge is 2.30. The lowest BCUT2D eigenvalue weighted by atomic mass is 9.95. The summed E-state index contributed by atoms with van der Waals surface area (Å²) in [5, 5.41) is 0. The van der Waals surface area contributed by atoms with Gasteiger partial charge in [-0.15, -0.1) is 0 Å². The van der Waals surface area contributed by atoms with Crippen LogP contribution in [0.1, 0.15) is 38.3 Å². The Bertz CT molecular complexity index is 575. The van der Waals surface area contributed by atoms with Crippen molar-refractivity contribution in [2.24, 2.45) is 11.8 Å². The van der Waals surface area contributed by atoms with Crippen LogP contribution in [-0.2, 0) is 9.84 Å². The molecule has 1 aliphatic rings. The summed E-state index contributed by atoms with van der Waals surface area (Å²) in [5.74, 6) is 7.01. The van der Waals surface area contributed by atoms with Crippen molar-refractivity contribution in [1.29, 1.82) is 0 Å². The Kier molecular flexibility index (Phi) is 5.18. The number of hydrazine groups is 1. The molecule has 2 heterocycles. The number of nitrogens with one attached hydrogen (secondary N) is 1. The maximum atomic E-state index is 11.5. The zero-order valence-corrected chi connectivity index (χ0v) is 13.3. The van der Waals surface area contributed by atoms with Gasteiger partial charge in [0, 0.05) is 12.2 Å². The van der Waals surface area contributed by atoms with Crippen LogP contribution in [-0.4, -0.2) is 31.0 Å². The van der Waals surface area contributed by atoms with E-state index >= 15 is 0 Å². The van der Waals surface area contributed by atoms with Gasteiger partial charge in [-0.05, 0) is 44.2 Å². The molecule has 0 saturated carbocycles. The third kappa shape index (κ3) is 4.66. The highest BCUT2D eigenvalue weighted by atomic mass is 32.2. The minimum absolute atomic E-state index is 0.0753. The smallest absolute Gasteiger partial charge is 0.150 e. The minimum Gasteiger partial charge on any atom is -0.489 e. The van der Waals surface area contributed by atoms with Crippen LogP contribution in [0.15, 0.2) is 18.5 Å². The topological polar surface area (TPSA) is 94.3 Å². The molecule has 21 heavy (non-hydrogen) atoms. The van der Waals surface area contributed by atoms with E-state index in [9.17, 15) is 8.42 Å². The Morgan fingerprint density at radius 1 is 1.48 bits per heavy atom. The molecule has 2 rings (SSSR count). The maximum Gasteiger partial charge on any atom is 0.150 e. The van der Waals surface area contributed by atoms with Gasteiger partial charge in [0.1, 0.15) is 5.75 Å². The molecule has 7 heteroatoms. The number of nitrogens with zero attached hydrogens (tertiary/aromatic N) is 1. The lowest BCUT2D eigenvalue weighted by Gasteiger charge is -2.20. The second-order valence-electron chi connectivity index (χ2n) is 5.84. The van der Waals surface area contributed by atoms with Gasteiger partial charge in [-0.25, -0.2) is 8.42 Å². The highest BCUT2D eigenvalue weighted by molar-refractivity contribution is 7.91. The van der Waals surface area contributed by atoms with Crippen molar-refractivity contribution in [3.05, 3.63) is 24.0 Å². The van der Waals surface area contributed by atoms with E-state index in [1.54, 1.807) is 12.4 Å². The SMILES string of the molecule is CC(C)Oc1cncc(C(CC2CCS(=O)(=O)C2)NN)c1. The number of ether oxygens (including phenoxy) is 1. The van der Waals surface area contributed by atoms with Crippen LogP contribution in [0.2, 0.25) is 0 Å². The van der Waals surface area contributed by atoms with Crippen molar-refractivity contribution in [2.75, 3.05) is 11.5 Å². The summed E-state index contributed by atoms with van der Waals surface area (Å²) >= 11 is 0. The third-order valence-corrected chi connectivity index (χ3v) is 5.44. The van der Waals surface area contributed by atoms with Crippen molar-refractivity contribution < 1.29 is 13.2 Å². The molecule has 1 saturated heterocycles. The number of hydrogen-bond acceptors (Lipinski definition) is 6. The van der Waals surface area contributed by atoms with Crippen LogP contribution in [0.25, 0.3) is 0 Å². The van der Waals surface area contributed by atoms with Gasteiger partial charge >= 0.3 is 0 Å². The molecule has 0 amide bonds. The monoisotopic (exact) mass is 313 g/mol. The average molecular weight is 313 g/mol. The van der Waals surface area contributed by atoms with Crippen molar-refractivity contribution in [3.8, 4) is 5.75 Å². The van der Waals surface area contributed by atoms with E-state index < -0.39 is 9.84 Å². The zero-order chi connectivity index (χ0) is 15.5.